The number of hydrogen-bond donors (Lipinski definition) is 6. The lowest BCUT2D eigenvalue weighted by Gasteiger charge is -2.11. The van der Waals surface area contributed by atoms with Gasteiger partial charge in [-0.3, -0.25) is 9.59 Å². The lowest BCUT2D eigenvalue weighted by molar-refractivity contribution is -0.115. The van der Waals surface area contributed by atoms with E-state index in [2.05, 4.69) is 20.0 Å². The van der Waals surface area contributed by atoms with Gasteiger partial charge in [0.05, 0.1) is 4.90 Å². The molecular formula is C44H42F4N8O6S. The molecule has 10 N–H and O–H groups in total. The third-order valence-corrected chi connectivity index (χ3v) is 10.3. The smallest absolute Gasteiger partial charge is 0.275 e. The monoisotopic (exact) mass is 886 g/mol. The van der Waals surface area contributed by atoms with Crippen LogP contribution in [0.2, 0.25) is 0 Å². The lowest BCUT2D eigenvalue weighted by atomic mass is 10.1. The Hall–Kier alpha value is -7.35. The van der Waals surface area contributed by atoms with Crippen molar-refractivity contribution in [3.8, 4) is 23.0 Å². The number of nitrogens with zero attached hydrogens (tertiary/aromatic N) is 2. The molecule has 0 bridgehead atoms. The van der Waals surface area contributed by atoms with Crippen LogP contribution in [0.4, 0.5) is 17.6 Å². The second kappa shape index (κ2) is 21.0. The predicted octanol–water partition coefficient (Wildman–Crippen LogP) is 6.05. The van der Waals surface area contributed by atoms with E-state index in [4.69, 9.17) is 32.4 Å². The van der Waals surface area contributed by atoms with E-state index in [0.29, 0.717) is 25.1 Å². The molecule has 5 aromatic carbocycles. The number of guanidine groups is 2. The van der Waals surface area contributed by atoms with Crippen molar-refractivity contribution in [2.24, 2.45) is 32.9 Å². The van der Waals surface area contributed by atoms with Crippen LogP contribution in [0.25, 0.3) is 12.2 Å². The Balaban J connectivity index is 1.06. The maximum Gasteiger partial charge on any atom is 0.275 e. The minimum absolute atomic E-state index is 0.00610. The summed E-state index contributed by atoms with van der Waals surface area (Å²) in [5.74, 6) is -7.62. The van der Waals surface area contributed by atoms with Crippen molar-refractivity contribution in [1.29, 1.82) is 0 Å². The van der Waals surface area contributed by atoms with Crippen LogP contribution >= 0.6 is 0 Å². The zero-order valence-electron chi connectivity index (χ0n) is 33.8. The molecule has 0 fully saturated rings. The second-order valence-corrected chi connectivity index (χ2v) is 15.6. The van der Waals surface area contributed by atoms with E-state index in [9.17, 15) is 35.6 Å². The fraction of sp³-hybridized carbons (Fsp3) is 0.136. The van der Waals surface area contributed by atoms with Gasteiger partial charge in [0, 0.05) is 24.2 Å². The van der Waals surface area contributed by atoms with Crippen molar-refractivity contribution in [3.05, 3.63) is 159 Å². The molecule has 0 atom stereocenters. The van der Waals surface area contributed by atoms with Gasteiger partial charge in [-0.15, -0.1) is 0 Å². The van der Waals surface area contributed by atoms with Crippen LogP contribution in [0.15, 0.2) is 123 Å². The van der Waals surface area contributed by atoms with Crippen LogP contribution in [-0.2, 0) is 39.1 Å². The summed E-state index contributed by atoms with van der Waals surface area (Å²) in [6.45, 7) is 3.91. The molecule has 14 nitrogen and oxygen atoms in total. The number of ether oxygens (including phenoxy) is 2. The molecule has 0 aromatic heterocycles. The molecule has 0 aliphatic carbocycles. The van der Waals surface area contributed by atoms with Gasteiger partial charge in [-0.2, -0.15) is 9.98 Å². The van der Waals surface area contributed by atoms with Crippen LogP contribution in [0.1, 0.15) is 41.7 Å². The average Bonchev–Trinajstić information content (AvgIpc) is 3.22. The Bertz CT molecular complexity index is 2670. The van der Waals surface area contributed by atoms with Crippen molar-refractivity contribution in [3.63, 3.8) is 0 Å². The molecule has 0 radical (unpaired) electrons. The SMILES string of the molecule is C/C(=C\c1cc(F)c(Oc2ccc(CCNCc3ccc(CNS(=O)(=O)c4ccc(Oc5c(F)cc(/C=C(\C)C(=O)N=C(N)N)cc5F)cc4)cc3)cc2)c(F)c1)C(=O)N=C(N)N. The fourth-order valence-electron chi connectivity index (χ4n) is 5.70. The van der Waals surface area contributed by atoms with Crippen molar-refractivity contribution in [1.82, 2.24) is 10.0 Å². The molecule has 0 heterocycles. The highest BCUT2D eigenvalue weighted by Gasteiger charge is 2.18. The highest BCUT2D eigenvalue weighted by atomic mass is 32.2. The largest absolute Gasteiger partial charge is 0.451 e. The summed E-state index contributed by atoms with van der Waals surface area (Å²) in [5.41, 5.74) is 23.6. The number of benzene rings is 5. The Labute approximate surface area is 360 Å². The summed E-state index contributed by atoms with van der Waals surface area (Å²) in [6, 6.07) is 22.9. The quantitative estimate of drug-likeness (QED) is 0.0207. The van der Waals surface area contributed by atoms with Gasteiger partial charge >= 0.3 is 0 Å². The van der Waals surface area contributed by atoms with Crippen molar-refractivity contribution >= 4 is 45.9 Å². The third-order valence-electron chi connectivity index (χ3n) is 8.85. The van der Waals surface area contributed by atoms with Crippen LogP contribution in [0.3, 0.4) is 0 Å². The van der Waals surface area contributed by atoms with Gasteiger partial charge in [-0.05, 0) is 127 Å². The minimum atomic E-state index is -3.97. The summed E-state index contributed by atoms with van der Waals surface area (Å²) in [5, 5.41) is 3.33. The molecule has 0 saturated heterocycles. The first-order valence-corrected chi connectivity index (χ1v) is 20.3. The van der Waals surface area contributed by atoms with E-state index in [1.807, 2.05) is 12.1 Å². The fourth-order valence-corrected chi connectivity index (χ4v) is 6.72. The van der Waals surface area contributed by atoms with Crippen LogP contribution < -0.4 is 42.4 Å². The van der Waals surface area contributed by atoms with Crippen molar-refractivity contribution in [2.75, 3.05) is 6.54 Å². The first-order chi connectivity index (χ1) is 29.9. The molecule has 0 spiro atoms. The van der Waals surface area contributed by atoms with Crippen molar-refractivity contribution < 1.29 is 45.0 Å². The van der Waals surface area contributed by atoms with Gasteiger partial charge in [0.15, 0.2) is 46.7 Å². The van der Waals surface area contributed by atoms with E-state index >= 15 is 0 Å². The summed E-state index contributed by atoms with van der Waals surface area (Å²) in [4.78, 5) is 30.5. The highest BCUT2D eigenvalue weighted by molar-refractivity contribution is 7.89. The normalized spacial score (nSPS) is 11.8. The zero-order chi connectivity index (χ0) is 45.8. The van der Waals surface area contributed by atoms with Gasteiger partial charge in [-0.1, -0.05) is 36.4 Å². The lowest BCUT2D eigenvalue weighted by Crippen LogP contribution is -2.24. The molecule has 19 heteroatoms. The first kappa shape index (κ1) is 46.7. The molecule has 5 rings (SSSR count). The van der Waals surface area contributed by atoms with Crippen LogP contribution in [0, 0.1) is 23.3 Å². The summed E-state index contributed by atoms with van der Waals surface area (Å²) in [7, 11) is -3.97. The van der Waals surface area contributed by atoms with E-state index in [-0.39, 0.29) is 45.2 Å². The maximum atomic E-state index is 14.8. The Kier molecular flexibility index (Phi) is 15.5. The number of rotatable bonds is 17. The van der Waals surface area contributed by atoms with E-state index in [1.54, 1.807) is 36.4 Å². The standard InChI is InChI=1S/C44H42F4N8O6S/c1-25(41(57)55-43(49)50)17-30-19-35(45)39(36(46)20-30)61-32-9-7-27(8-10-32)15-16-53-23-28-3-5-29(6-4-28)24-54-63(59,60)34-13-11-33(12-14-34)62-40-37(47)21-31(22-38(40)48)18-26(2)42(58)56-44(51)52/h3-14,17-22,53-54H,15-16,23-24H2,1-2H3,(H4,49,50,55,57)(H4,51,52,56,58)/b25-17+,26-18+. The third kappa shape index (κ3) is 13.6. The van der Waals surface area contributed by atoms with E-state index in [0.717, 1.165) is 35.4 Å². The van der Waals surface area contributed by atoms with Gasteiger partial charge in [0.1, 0.15) is 11.5 Å². The Morgan fingerprint density at radius 1 is 0.603 bits per heavy atom. The van der Waals surface area contributed by atoms with Gasteiger partial charge in [0.2, 0.25) is 10.0 Å². The number of carbonyl (C=O) groups is 2. The number of amides is 2. The predicted molar refractivity (Wildman–Crippen MR) is 231 cm³/mol. The number of nitrogens with one attached hydrogen (secondary N) is 2. The second-order valence-electron chi connectivity index (χ2n) is 13.9. The van der Waals surface area contributed by atoms with E-state index in [1.165, 1.54) is 50.3 Å². The van der Waals surface area contributed by atoms with Crippen LogP contribution in [-0.4, -0.2) is 38.7 Å². The molecule has 63 heavy (non-hydrogen) atoms. The first-order valence-electron chi connectivity index (χ1n) is 18.8. The molecule has 0 aliphatic rings. The summed E-state index contributed by atoms with van der Waals surface area (Å²) >= 11 is 0. The molecule has 0 unspecified atom stereocenters. The number of sulfonamides is 1. The minimum Gasteiger partial charge on any atom is -0.451 e. The zero-order valence-corrected chi connectivity index (χ0v) is 34.6. The molecule has 0 saturated carbocycles. The van der Waals surface area contributed by atoms with Gasteiger partial charge in [-0.25, -0.2) is 30.7 Å². The Morgan fingerprint density at radius 3 is 1.40 bits per heavy atom. The number of carbonyl (C=O) groups excluding carboxylic acids is 2. The van der Waals surface area contributed by atoms with Gasteiger partial charge in [0.25, 0.3) is 11.8 Å². The highest BCUT2D eigenvalue weighted by Crippen LogP contribution is 2.31. The molecule has 5 aromatic rings. The van der Waals surface area contributed by atoms with E-state index < -0.39 is 68.5 Å². The number of hydrogen-bond acceptors (Lipinski definition) is 7. The van der Waals surface area contributed by atoms with Crippen LogP contribution in [0.5, 0.6) is 23.0 Å². The number of nitrogens with two attached hydrogens (primary N) is 4. The molecule has 2 amide bonds. The molecule has 328 valence electrons. The molecular weight excluding hydrogens is 845 g/mol. The maximum absolute atomic E-state index is 14.8. The number of aliphatic imine (C=N–C) groups is 2. The van der Waals surface area contributed by atoms with Crippen molar-refractivity contribution in [2.45, 2.75) is 38.3 Å². The number of halogens is 4. The van der Waals surface area contributed by atoms with Gasteiger partial charge < -0.3 is 37.7 Å². The average molecular weight is 887 g/mol. The molecule has 0 aliphatic heterocycles. The Morgan fingerprint density at radius 2 is 0.984 bits per heavy atom. The topological polar surface area (TPSA) is 240 Å². The summed E-state index contributed by atoms with van der Waals surface area (Å²) in [6.07, 6.45) is 3.08. The summed E-state index contributed by atoms with van der Waals surface area (Å²) < 4.78 is 98.5.